The highest BCUT2D eigenvalue weighted by molar-refractivity contribution is 6.31. The second kappa shape index (κ2) is 13.3. The number of halogens is 4. The van der Waals surface area contributed by atoms with Crippen LogP contribution in [0.5, 0.6) is 0 Å². The fourth-order valence-corrected chi connectivity index (χ4v) is 5.87. The van der Waals surface area contributed by atoms with Crippen molar-refractivity contribution in [2.24, 2.45) is 0 Å². The van der Waals surface area contributed by atoms with Crippen LogP contribution in [0, 0.1) is 0 Å². The number of carbonyl (C=O) groups excluding carboxylic acids is 1. The van der Waals surface area contributed by atoms with E-state index in [-0.39, 0.29) is 11.6 Å². The summed E-state index contributed by atoms with van der Waals surface area (Å²) < 4.78 is 43.8. The molecule has 5 nitrogen and oxygen atoms in total. The first kappa shape index (κ1) is 30.1. The molecule has 3 aromatic carbocycles. The molecule has 1 saturated heterocycles. The second-order valence-corrected chi connectivity index (χ2v) is 11.4. The van der Waals surface area contributed by atoms with Crippen LogP contribution in [0.25, 0.3) is 11.0 Å². The van der Waals surface area contributed by atoms with E-state index in [1.165, 1.54) is 29.7 Å². The van der Waals surface area contributed by atoms with Gasteiger partial charge in [-0.15, -0.1) is 0 Å². The molecule has 0 aliphatic carbocycles. The molecule has 0 N–H and O–H groups in total. The number of carbonyl (C=O) groups is 1. The van der Waals surface area contributed by atoms with Crippen molar-refractivity contribution in [2.45, 2.75) is 64.8 Å². The lowest BCUT2D eigenvalue weighted by Gasteiger charge is -2.27. The highest BCUT2D eigenvalue weighted by atomic mass is 35.5. The molecule has 222 valence electrons. The van der Waals surface area contributed by atoms with Gasteiger partial charge in [-0.05, 0) is 73.8 Å². The number of likely N-dealkylation sites (tertiary alicyclic amines) is 1. The van der Waals surface area contributed by atoms with Crippen LogP contribution in [0.1, 0.15) is 71.9 Å². The van der Waals surface area contributed by atoms with Gasteiger partial charge < -0.3 is 9.47 Å². The Morgan fingerprint density at radius 3 is 2.36 bits per heavy atom. The fourth-order valence-electron chi connectivity index (χ4n) is 5.70. The zero-order valence-corrected chi connectivity index (χ0v) is 24.6. The molecule has 0 spiro atoms. The number of alkyl halides is 3. The van der Waals surface area contributed by atoms with Gasteiger partial charge in [0.1, 0.15) is 5.82 Å². The molecule has 9 heteroatoms. The fraction of sp³-hybridized carbons (Fsp3) is 0.394. The van der Waals surface area contributed by atoms with Crippen LogP contribution >= 0.6 is 11.6 Å². The van der Waals surface area contributed by atoms with Crippen molar-refractivity contribution in [1.29, 1.82) is 0 Å². The molecule has 1 aromatic heterocycles. The largest absolute Gasteiger partial charge is 0.417 e. The van der Waals surface area contributed by atoms with E-state index in [1.54, 1.807) is 0 Å². The van der Waals surface area contributed by atoms with Gasteiger partial charge in [-0.3, -0.25) is 9.69 Å². The van der Waals surface area contributed by atoms with Gasteiger partial charge >= 0.3 is 6.18 Å². The van der Waals surface area contributed by atoms with Gasteiger partial charge in [-0.2, -0.15) is 13.2 Å². The van der Waals surface area contributed by atoms with E-state index < -0.39 is 23.2 Å². The van der Waals surface area contributed by atoms with Gasteiger partial charge in [-0.25, -0.2) is 4.98 Å². The Labute approximate surface area is 249 Å². The molecule has 1 aliphatic heterocycles. The van der Waals surface area contributed by atoms with Crippen LogP contribution in [-0.4, -0.2) is 44.9 Å². The van der Waals surface area contributed by atoms with E-state index in [1.807, 2.05) is 37.3 Å². The van der Waals surface area contributed by atoms with Crippen molar-refractivity contribution in [2.75, 3.05) is 19.6 Å². The molecule has 0 unspecified atom stereocenters. The van der Waals surface area contributed by atoms with Crippen LogP contribution in [0.3, 0.4) is 0 Å². The van der Waals surface area contributed by atoms with Crippen LogP contribution in [-0.2, 0) is 25.8 Å². The van der Waals surface area contributed by atoms with Crippen LogP contribution in [0.15, 0.2) is 66.7 Å². The van der Waals surface area contributed by atoms with Crippen molar-refractivity contribution in [3.8, 4) is 0 Å². The highest BCUT2D eigenvalue weighted by Crippen LogP contribution is 2.34. The predicted octanol–water partition coefficient (Wildman–Crippen LogP) is 8.19. The summed E-state index contributed by atoms with van der Waals surface area (Å²) in [6, 6.07) is 19.3. The molecular formula is C33H36ClF3N4O. The van der Waals surface area contributed by atoms with Crippen LogP contribution in [0.4, 0.5) is 13.2 Å². The lowest BCUT2D eigenvalue weighted by molar-refractivity contribution is -0.138. The highest BCUT2D eigenvalue weighted by Gasteiger charge is 2.36. The standard InChI is InChI=1S/C33H36ClF3N4O/c1-2-3-19-40(32(42)27-20-26(34)15-16-28(27)33(35,36)37)23-31-38-29-13-7-8-14-30(29)41(31)22-25-12-6-5-11-24(25)21-39-17-9-4-10-18-39/h5-8,11-16,20H,2-4,9-10,17-19,21-23H2,1H3. The third kappa shape index (κ3) is 6.98. The van der Waals surface area contributed by atoms with Gasteiger partial charge in [0, 0.05) is 24.7 Å². The Morgan fingerprint density at radius 2 is 1.64 bits per heavy atom. The summed E-state index contributed by atoms with van der Waals surface area (Å²) in [5.74, 6) is -0.0774. The third-order valence-corrected chi connectivity index (χ3v) is 8.18. The smallest absolute Gasteiger partial charge is 0.331 e. The normalized spacial score (nSPS) is 14.4. The number of benzene rings is 3. The first-order chi connectivity index (χ1) is 20.2. The molecule has 0 radical (unpaired) electrons. The zero-order valence-electron chi connectivity index (χ0n) is 23.8. The Kier molecular flexibility index (Phi) is 9.53. The van der Waals surface area contributed by atoms with E-state index in [2.05, 4.69) is 27.7 Å². The third-order valence-electron chi connectivity index (χ3n) is 7.94. The molecule has 1 aliphatic rings. The van der Waals surface area contributed by atoms with Gasteiger partial charge in [0.05, 0.1) is 28.7 Å². The van der Waals surface area contributed by atoms with Crippen molar-refractivity contribution in [3.63, 3.8) is 0 Å². The van der Waals surface area contributed by atoms with E-state index in [9.17, 15) is 18.0 Å². The van der Waals surface area contributed by atoms with Crippen molar-refractivity contribution >= 4 is 28.5 Å². The average molecular weight is 597 g/mol. The lowest BCUT2D eigenvalue weighted by atomic mass is 10.0. The molecule has 0 atom stereocenters. The second-order valence-electron chi connectivity index (χ2n) is 11.0. The van der Waals surface area contributed by atoms with Gasteiger partial charge in [0.2, 0.25) is 0 Å². The molecule has 2 heterocycles. The number of amides is 1. The summed E-state index contributed by atoms with van der Waals surface area (Å²) in [5.41, 5.74) is 2.67. The molecule has 0 bridgehead atoms. The number of hydrogen-bond acceptors (Lipinski definition) is 3. The number of rotatable bonds is 10. The minimum Gasteiger partial charge on any atom is -0.331 e. The van der Waals surface area contributed by atoms with E-state index in [4.69, 9.17) is 16.6 Å². The Bertz CT molecular complexity index is 1530. The van der Waals surface area contributed by atoms with Crippen LogP contribution < -0.4 is 0 Å². The number of aromatic nitrogens is 2. The van der Waals surface area contributed by atoms with E-state index >= 15 is 0 Å². The number of hydrogen-bond donors (Lipinski definition) is 0. The minimum absolute atomic E-state index is 0.0750. The topological polar surface area (TPSA) is 41.4 Å². The molecule has 4 aromatic rings. The summed E-state index contributed by atoms with van der Waals surface area (Å²) in [4.78, 5) is 22.6. The maximum atomic E-state index is 13.9. The number of imidazole rings is 1. The summed E-state index contributed by atoms with van der Waals surface area (Å²) >= 11 is 6.08. The SMILES string of the molecule is CCCCN(Cc1nc2ccccc2n1Cc1ccccc1CN1CCCCC1)C(=O)c1cc(Cl)ccc1C(F)(F)F. The Balaban J connectivity index is 1.51. The first-order valence-electron chi connectivity index (χ1n) is 14.6. The molecule has 1 fully saturated rings. The van der Waals surface area contributed by atoms with E-state index in [0.717, 1.165) is 60.9 Å². The van der Waals surface area contributed by atoms with Gasteiger partial charge in [-0.1, -0.05) is 67.8 Å². The summed E-state index contributed by atoms with van der Waals surface area (Å²) in [6.45, 7) is 5.95. The summed E-state index contributed by atoms with van der Waals surface area (Å²) in [7, 11) is 0. The Morgan fingerprint density at radius 1 is 0.952 bits per heavy atom. The monoisotopic (exact) mass is 596 g/mol. The van der Waals surface area contributed by atoms with E-state index in [0.29, 0.717) is 25.3 Å². The summed E-state index contributed by atoms with van der Waals surface area (Å²) in [5, 5.41) is 0.0827. The van der Waals surface area contributed by atoms with Gasteiger partial charge in [0.15, 0.2) is 0 Å². The number of fused-ring (bicyclic) bond motifs is 1. The minimum atomic E-state index is -4.68. The number of para-hydroxylation sites is 2. The lowest BCUT2D eigenvalue weighted by Crippen LogP contribution is -2.34. The molecule has 5 rings (SSSR count). The van der Waals surface area contributed by atoms with Crippen molar-refractivity contribution in [3.05, 3.63) is 99.8 Å². The van der Waals surface area contributed by atoms with Gasteiger partial charge in [0.25, 0.3) is 5.91 Å². The van der Waals surface area contributed by atoms with Crippen molar-refractivity contribution < 1.29 is 18.0 Å². The quantitative estimate of drug-likeness (QED) is 0.185. The molecule has 42 heavy (non-hydrogen) atoms. The maximum Gasteiger partial charge on any atom is 0.417 e. The number of piperidine rings is 1. The Hall–Kier alpha value is -3.36. The summed E-state index contributed by atoms with van der Waals surface area (Å²) in [6.07, 6.45) is 0.441. The predicted molar refractivity (Wildman–Crippen MR) is 161 cm³/mol. The molecule has 0 saturated carbocycles. The zero-order chi connectivity index (χ0) is 29.7. The average Bonchev–Trinajstić information content (AvgIpc) is 3.32. The maximum absolute atomic E-state index is 13.9. The van der Waals surface area contributed by atoms with Crippen LogP contribution in [0.2, 0.25) is 5.02 Å². The number of unbranched alkanes of at least 4 members (excludes halogenated alkanes) is 1. The molecular weight excluding hydrogens is 561 g/mol. The van der Waals surface area contributed by atoms with Crippen molar-refractivity contribution in [1.82, 2.24) is 19.4 Å². The molecule has 1 amide bonds. The number of nitrogens with zero attached hydrogens (tertiary/aromatic N) is 4. The first-order valence-corrected chi connectivity index (χ1v) is 15.0.